The molecule has 0 radical (unpaired) electrons. The summed E-state index contributed by atoms with van der Waals surface area (Å²) >= 11 is 0. The van der Waals surface area contributed by atoms with Crippen LogP contribution in [0.5, 0.6) is 11.5 Å². The number of nitrogens with two attached hydrogens (primary N) is 1. The van der Waals surface area contributed by atoms with Gasteiger partial charge in [-0.3, -0.25) is 0 Å². The highest BCUT2D eigenvalue weighted by atomic mass is 16.6. The zero-order chi connectivity index (χ0) is 9.97. The molecule has 0 atom stereocenters. The van der Waals surface area contributed by atoms with E-state index < -0.39 is 0 Å². The third-order valence-electron chi connectivity index (χ3n) is 2.15. The maximum Gasteiger partial charge on any atom is 0.146 e. The number of ether oxygens (including phenoxy) is 3. The molecule has 0 aliphatic carbocycles. The van der Waals surface area contributed by atoms with Crippen molar-refractivity contribution in [2.45, 2.75) is 6.10 Å². The largest absolute Gasteiger partial charge is 0.494 e. The summed E-state index contributed by atoms with van der Waals surface area (Å²) in [6.07, 6.45) is 0.129. The van der Waals surface area contributed by atoms with E-state index in [9.17, 15) is 0 Å². The molecule has 1 fully saturated rings. The van der Waals surface area contributed by atoms with Crippen LogP contribution >= 0.6 is 0 Å². The Labute approximate surface area is 82.6 Å². The molecule has 0 aromatic heterocycles. The highest BCUT2D eigenvalue weighted by molar-refractivity contribution is 5.62. The Morgan fingerprint density at radius 2 is 2.07 bits per heavy atom. The summed E-state index contributed by atoms with van der Waals surface area (Å²) in [4.78, 5) is 0. The molecule has 1 heterocycles. The van der Waals surface area contributed by atoms with Crippen LogP contribution in [-0.2, 0) is 4.74 Å². The van der Waals surface area contributed by atoms with E-state index in [-0.39, 0.29) is 6.10 Å². The number of rotatable bonds is 3. The summed E-state index contributed by atoms with van der Waals surface area (Å²) in [5.41, 5.74) is 6.37. The van der Waals surface area contributed by atoms with E-state index in [0.29, 0.717) is 30.4 Å². The maximum absolute atomic E-state index is 5.83. The van der Waals surface area contributed by atoms with E-state index in [0.717, 1.165) is 0 Å². The molecule has 2 N–H and O–H groups in total. The first-order valence-corrected chi connectivity index (χ1v) is 4.48. The number of benzene rings is 1. The Bertz CT molecular complexity index is 323. The Hall–Kier alpha value is -1.42. The van der Waals surface area contributed by atoms with Crippen molar-refractivity contribution in [3.63, 3.8) is 0 Å². The summed E-state index contributed by atoms with van der Waals surface area (Å²) in [5, 5.41) is 0. The van der Waals surface area contributed by atoms with Crippen LogP contribution in [0.15, 0.2) is 18.2 Å². The van der Waals surface area contributed by atoms with E-state index in [1.165, 1.54) is 0 Å². The van der Waals surface area contributed by atoms with Crippen LogP contribution < -0.4 is 15.2 Å². The number of nitrogen functional groups attached to an aromatic ring is 1. The van der Waals surface area contributed by atoms with Gasteiger partial charge in [0.1, 0.15) is 23.3 Å². The van der Waals surface area contributed by atoms with Crippen LogP contribution in [0.2, 0.25) is 0 Å². The summed E-state index contributed by atoms with van der Waals surface area (Å²) in [5.74, 6) is 1.31. The van der Waals surface area contributed by atoms with Gasteiger partial charge in [-0.05, 0) is 12.1 Å². The fourth-order valence-corrected chi connectivity index (χ4v) is 1.27. The molecule has 0 saturated carbocycles. The SMILES string of the molecule is COc1cccc(OC2COC2)c1N. The van der Waals surface area contributed by atoms with Crippen molar-refractivity contribution in [3.8, 4) is 11.5 Å². The molecule has 1 saturated heterocycles. The molecule has 1 aliphatic heterocycles. The molecule has 2 rings (SSSR count). The monoisotopic (exact) mass is 195 g/mol. The van der Waals surface area contributed by atoms with Gasteiger partial charge in [-0.2, -0.15) is 0 Å². The zero-order valence-corrected chi connectivity index (χ0v) is 8.03. The van der Waals surface area contributed by atoms with E-state index in [1.54, 1.807) is 13.2 Å². The summed E-state index contributed by atoms with van der Waals surface area (Å²) in [6, 6.07) is 5.49. The lowest BCUT2D eigenvalue weighted by Crippen LogP contribution is -2.38. The van der Waals surface area contributed by atoms with E-state index >= 15 is 0 Å². The average Bonchev–Trinajstić information content (AvgIpc) is 2.13. The van der Waals surface area contributed by atoms with Gasteiger partial charge in [0.05, 0.1) is 20.3 Å². The molecule has 1 aliphatic rings. The summed E-state index contributed by atoms with van der Waals surface area (Å²) in [6.45, 7) is 1.27. The lowest BCUT2D eigenvalue weighted by Gasteiger charge is -2.27. The minimum Gasteiger partial charge on any atom is -0.494 e. The molecule has 0 amide bonds. The Morgan fingerprint density at radius 3 is 2.64 bits per heavy atom. The van der Waals surface area contributed by atoms with Gasteiger partial charge in [-0.15, -0.1) is 0 Å². The first kappa shape index (κ1) is 9.15. The fraction of sp³-hybridized carbons (Fsp3) is 0.400. The molecular formula is C10H13NO3. The van der Waals surface area contributed by atoms with Gasteiger partial charge in [0.2, 0.25) is 0 Å². The third-order valence-corrected chi connectivity index (χ3v) is 2.15. The number of hydrogen-bond acceptors (Lipinski definition) is 4. The summed E-state index contributed by atoms with van der Waals surface area (Å²) in [7, 11) is 1.59. The standard InChI is InChI=1S/C10H13NO3/c1-12-8-3-2-4-9(10(8)11)14-7-5-13-6-7/h2-4,7H,5-6,11H2,1H3. The van der Waals surface area contributed by atoms with Crippen LogP contribution in [0.4, 0.5) is 5.69 Å². The van der Waals surface area contributed by atoms with Crippen molar-refractivity contribution >= 4 is 5.69 Å². The second-order valence-corrected chi connectivity index (χ2v) is 3.15. The normalized spacial score (nSPS) is 16.1. The van der Waals surface area contributed by atoms with E-state index in [4.69, 9.17) is 19.9 Å². The number of anilines is 1. The van der Waals surface area contributed by atoms with Crippen LogP contribution in [0, 0.1) is 0 Å². The van der Waals surface area contributed by atoms with Crippen molar-refractivity contribution in [2.75, 3.05) is 26.1 Å². The Morgan fingerprint density at radius 1 is 1.36 bits per heavy atom. The van der Waals surface area contributed by atoms with Gasteiger partial charge in [-0.1, -0.05) is 6.07 Å². The molecule has 1 aromatic rings. The fourth-order valence-electron chi connectivity index (χ4n) is 1.27. The third kappa shape index (κ3) is 1.61. The first-order valence-electron chi connectivity index (χ1n) is 4.48. The quantitative estimate of drug-likeness (QED) is 0.732. The second kappa shape index (κ2) is 3.75. The Balaban J connectivity index is 2.15. The van der Waals surface area contributed by atoms with Crippen molar-refractivity contribution < 1.29 is 14.2 Å². The van der Waals surface area contributed by atoms with Gasteiger partial charge in [0.15, 0.2) is 0 Å². The van der Waals surface area contributed by atoms with E-state index in [2.05, 4.69) is 0 Å². The van der Waals surface area contributed by atoms with Gasteiger partial charge in [0.25, 0.3) is 0 Å². The lowest BCUT2D eigenvalue weighted by atomic mass is 10.2. The van der Waals surface area contributed by atoms with Crippen molar-refractivity contribution in [2.24, 2.45) is 0 Å². The van der Waals surface area contributed by atoms with Gasteiger partial charge >= 0.3 is 0 Å². The van der Waals surface area contributed by atoms with Gasteiger partial charge in [-0.25, -0.2) is 0 Å². The van der Waals surface area contributed by atoms with Crippen LogP contribution in [0.1, 0.15) is 0 Å². The predicted octanol–water partition coefficient (Wildman–Crippen LogP) is 1.05. The smallest absolute Gasteiger partial charge is 0.146 e. The highest BCUT2D eigenvalue weighted by Gasteiger charge is 2.21. The topological polar surface area (TPSA) is 53.7 Å². The van der Waals surface area contributed by atoms with Gasteiger partial charge < -0.3 is 19.9 Å². The zero-order valence-electron chi connectivity index (χ0n) is 8.03. The molecule has 4 heteroatoms. The molecular weight excluding hydrogens is 182 g/mol. The minimum absolute atomic E-state index is 0.129. The second-order valence-electron chi connectivity index (χ2n) is 3.15. The average molecular weight is 195 g/mol. The molecule has 76 valence electrons. The van der Waals surface area contributed by atoms with Crippen LogP contribution in [-0.4, -0.2) is 26.4 Å². The Kier molecular flexibility index (Phi) is 2.45. The van der Waals surface area contributed by atoms with Crippen LogP contribution in [0.25, 0.3) is 0 Å². The molecule has 14 heavy (non-hydrogen) atoms. The molecule has 0 bridgehead atoms. The molecule has 0 unspecified atom stereocenters. The number of methoxy groups -OCH3 is 1. The lowest BCUT2D eigenvalue weighted by molar-refractivity contribution is -0.0794. The van der Waals surface area contributed by atoms with Crippen molar-refractivity contribution in [1.29, 1.82) is 0 Å². The highest BCUT2D eigenvalue weighted by Crippen LogP contribution is 2.32. The maximum atomic E-state index is 5.83. The molecule has 1 aromatic carbocycles. The van der Waals surface area contributed by atoms with E-state index in [1.807, 2.05) is 12.1 Å². The minimum atomic E-state index is 0.129. The van der Waals surface area contributed by atoms with Crippen LogP contribution in [0.3, 0.4) is 0 Å². The van der Waals surface area contributed by atoms with Crippen molar-refractivity contribution in [1.82, 2.24) is 0 Å². The predicted molar refractivity (Wildman–Crippen MR) is 52.6 cm³/mol. The molecule has 0 spiro atoms. The molecule has 4 nitrogen and oxygen atoms in total. The van der Waals surface area contributed by atoms with Gasteiger partial charge in [0, 0.05) is 0 Å². The first-order chi connectivity index (χ1) is 6.81. The van der Waals surface area contributed by atoms with Crippen molar-refractivity contribution in [3.05, 3.63) is 18.2 Å². The number of hydrogen-bond donors (Lipinski definition) is 1. The summed E-state index contributed by atoms with van der Waals surface area (Å²) < 4.78 is 15.7. The number of para-hydroxylation sites is 1.